The highest BCUT2D eigenvalue weighted by molar-refractivity contribution is 14.1. The predicted molar refractivity (Wildman–Crippen MR) is 104 cm³/mol. The fourth-order valence-corrected chi connectivity index (χ4v) is 4.24. The average Bonchev–Trinajstić information content (AvgIpc) is 3.13. The van der Waals surface area contributed by atoms with Gasteiger partial charge in [-0.05, 0) is 12.8 Å². The summed E-state index contributed by atoms with van der Waals surface area (Å²) in [5, 5.41) is 20.6. The van der Waals surface area contributed by atoms with Gasteiger partial charge < -0.3 is 26.8 Å². The maximum absolute atomic E-state index is 11.4. The highest BCUT2D eigenvalue weighted by Crippen LogP contribution is 2.45. The number of nitrogens with zero attached hydrogens (tertiary/aromatic N) is 4. The number of fused-ring (bicyclic) bond motifs is 1. The molecule has 1 aliphatic rings. The zero-order valence-electron chi connectivity index (χ0n) is 13.0. The van der Waals surface area contributed by atoms with Crippen LogP contribution in [0.3, 0.4) is 0 Å². The number of anilines is 1. The number of aliphatic hydroxyl groups excluding tert-OH is 1. The van der Waals surface area contributed by atoms with Gasteiger partial charge in [-0.1, -0.05) is 0 Å². The fourth-order valence-electron chi connectivity index (χ4n) is 3.12. The summed E-state index contributed by atoms with van der Waals surface area (Å²) in [5.41, 5.74) is 5.30. The van der Waals surface area contributed by atoms with Crippen molar-refractivity contribution in [3.05, 3.63) is 12.7 Å². The van der Waals surface area contributed by atoms with Gasteiger partial charge in [0.05, 0.1) is 12.9 Å². The van der Waals surface area contributed by atoms with E-state index in [-0.39, 0.29) is 25.5 Å². The monoisotopic (exact) mass is 577 g/mol. The molecule has 0 bridgehead atoms. The maximum atomic E-state index is 11.4. The minimum Gasteiger partial charge on any atom is -0.396 e. The van der Waals surface area contributed by atoms with E-state index in [1.807, 2.05) is 0 Å². The third-order valence-electron chi connectivity index (χ3n) is 4.26. The third-order valence-corrected chi connectivity index (χ3v) is 5.17. The topological polar surface area (TPSA) is 138 Å². The van der Waals surface area contributed by atoms with E-state index in [1.165, 1.54) is 12.7 Å². The summed E-state index contributed by atoms with van der Waals surface area (Å²) in [6.07, 6.45) is 1.50. The zero-order valence-corrected chi connectivity index (χ0v) is 17.3. The van der Waals surface area contributed by atoms with Crippen LogP contribution in [-0.2, 0) is 10.9 Å². The SMILES string of the molecule is Nc1ncnc2c1ncn2C1O[C@H](COI)[C@@H](OI)[C@]1(O)CCCO. The standard InChI is InChI=1S/C13H17I2N5O5/c14-23-4-7-9(25-15)13(22,2-1-3-21)12(24-7)20-6-19-8-10(16)17-5-18-11(8)20/h5-7,9,12,21-22H,1-4H2,(H2,16,17,18)/t7-,9-,12?,13-/m1/s1. The van der Waals surface area contributed by atoms with Crippen LogP contribution in [0.1, 0.15) is 19.1 Å². The lowest BCUT2D eigenvalue weighted by Crippen LogP contribution is -2.47. The molecule has 0 aromatic carbocycles. The van der Waals surface area contributed by atoms with Gasteiger partial charge in [-0.2, -0.15) is 0 Å². The molecule has 1 unspecified atom stereocenters. The second-order valence-electron chi connectivity index (χ2n) is 5.71. The van der Waals surface area contributed by atoms with Crippen LogP contribution < -0.4 is 5.73 Å². The fraction of sp³-hybridized carbons (Fsp3) is 0.615. The van der Waals surface area contributed by atoms with E-state index in [4.69, 9.17) is 16.6 Å². The van der Waals surface area contributed by atoms with Gasteiger partial charge >= 0.3 is 0 Å². The molecule has 2 aromatic heterocycles. The summed E-state index contributed by atoms with van der Waals surface area (Å²) in [6, 6.07) is 0. The molecule has 1 fully saturated rings. The molecule has 0 spiro atoms. The number of aliphatic hydroxyl groups is 2. The van der Waals surface area contributed by atoms with E-state index in [0.29, 0.717) is 17.6 Å². The van der Waals surface area contributed by atoms with Crippen molar-refractivity contribution < 1.29 is 21.1 Å². The zero-order chi connectivity index (χ0) is 18.0. The summed E-state index contributed by atoms with van der Waals surface area (Å²) >= 11 is 3.51. The van der Waals surface area contributed by atoms with Crippen LogP contribution in [0.2, 0.25) is 0 Å². The van der Waals surface area contributed by atoms with Crippen molar-refractivity contribution in [2.75, 3.05) is 18.9 Å². The van der Waals surface area contributed by atoms with Gasteiger partial charge in [0.25, 0.3) is 0 Å². The third kappa shape index (κ3) is 3.44. The first kappa shape index (κ1) is 19.4. The Labute approximate surface area is 171 Å². The van der Waals surface area contributed by atoms with E-state index in [2.05, 4.69) is 15.0 Å². The second-order valence-corrected chi connectivity index (χ2v) is 6.85. The number of nitrogens with two attached hydrogens (primary N) is 1. The minimum absolute atomic E-state index is 0.0593. The predicted octanol–water partition coefficient (Wildman–Crippen LogP) is 0.911. The average molecular weight is 577 g/mol. The summed E-state index contributed by atoms with van der Waals surface area (Å²) < 4.78 is 18.3. The number of rotatable bonds is 7. The molecule has 0 aliphatic carbocycles. The number of nitrogen functional groups attached to an aromatic ring is 1. The van der Waals surface area contributed by atoms with E-state index in [1.54, 1.807) is 50.6 Å². The highest BCUT2D eigenvalue weighted by Gasteiger charge is 2.57. The Bertz CT molecular complexity index is 734. The molecule has 4 N–H and O–H groups in total. The van der Waals surface area contributed by atoms with Crippen LogP contribution in [0, 0.1) is 0 Å². The van der Waals surface area contributed by atoms with E-state index < -0.39 is 24.0 Å². The summed E-state index contributed by atoms with van der Waals surface area (Å²) in [7, 11) is 0. The number of ether oxygens (including phenoxy) is 1. The normalized spacial score (nSPS) is 29.5. The molecule has 1 aliphatic heterocycles. The highest BCUT2D eigenvalue weighted by atomic mass is 127. The number of aromatic nitrogens is 4. The smallest absolute Gasteiger partial charge is 0.168 e. The molecule has 12 heteroatoms. The molecule has 2 aromatic rings. The Morgan fingerprint density at radius 1 is 1.36 bits per heavy atom. The van der Waals surface area contributed by atoms with Crippen molar-refractivity contribution in [1.82, 2.24) is 19.5 Å². The van der Waals surface area contributed by atoms with Crippen LogP contribution in [0.15, 0.2) is 12.7 Å². The van der Waals surface area contributed by atoms with Crippen molar-refractivity contribution >= 4 is 63.0 Å². The van der Waals surface area contributed by atoms with Gasteiger partial charge in [-0.3, -0.25) is 4.57 Å². The maximum Gasteiger partial charge on any atom is 0.168 e. The van der Waals surface area contributed by atoms with Crippen molar-refractivity contribution in [3.63, 3.8) is 0 Å². The minimum atomic E-state index is -1.41. The molecule has 3 heterocycles. The molecule has 0 radical (unpaired) electrons. The molecule has 0 amide bonds. The van der Waals surface area contributed by atoms with Crippen molar-refractivity contribution in [2.45, 2.75) is 36.9 Å². The Balaban J connectivity index is 2.05. The lowest BCUT2D eigenvalue weighted by Gasteiger charge is -2.32. The molecule has 3 rings (SSSR count). The van der Waals surface area contributed by atoms with Crippen molar-refractivity contribution in [1.29, 1.82) is 0 Å². The Morgan fingerprint density at radius 2 is 2.16 bits per heavy atom. The van der Waals surface area contributed by atoms with Gasteiger partial charge in [-0.15, -0.1) is 0 Å². The van der Waals surface area contributed by atoms with Crippen LogP contribution >= 0.6 is 46.0 Å². The van der Waals surface area contributed by atoms with E-state index in [9.17, 15) is 10.2 Å². The number of imidazole rings is 1. The molecular weight excluding hydrogens is 560 g/mol. The Morgan fingerprint density at radius 3 is 2.84 bits per heavy atom. The lowest BCUT2D eigenvalue weighted by molar-refractivity contribution is -0.106. The van der Waals surface area contributed by atoms with Gasteiger partial charge in [0.15, 0.2) is 17.7 Å². The molecule has 0 saturated carbocycles. The molecule has 1 saturated heterocycles. The lowest BCUT2D eigenvalue weighted by atomic mass is 9.89. The summed E-state index contributed by atoms with van der Waals surface area (Å²) in [4.78, 5) is 12.4. The molecule has 10 nitrogen and oxygen atoms in total. The van der Waals surface area contributed by atoms with E-state index >= 15 is 0 Å². The largest absolute Gasteiger partial charge is 0.396 e. The van der Waals surface area contributed by atoms with Gasteiger partial charge in [0, 0.05) is 6.61 Å². The number of halogens is 2. The first-order chi connectivity index (χ1) is 12.1. The Hall–Kier alpha value is -0.390. The van der Waals surface area contributed by atoms with Gasteiger partial charge in [0.2, 0.25) is 0 Å². The summed E-state index contributed by atoms with van der Waals surface area (Å²) in [5.74, 6) is 0.245. The molecule has 4 atom stereocenters. The van der Waals surface area contributed by atoms with Crippen LogP contribution in [0.25, 0.3) is 11.2 Å². The van der Waals surface area contributed by atoms with Gasteiger partial charge in [0.1, 0.15) is 75.7 Å². The first-order valence-electron chi connectivity index (χ1n) is 7.49. The molecular formula is C13H17I2N5O5. The summed E-state index contributed by atoms with van der Waals surface area (Å²) in [6.45, 7) is 0.173. The number of hydrogen-bond donors (Lipinski definition) is 3. The molecule has 138 valence electrons. The second kappa shape index (κ2) is 8.10. The van der Waals surface area contributed by atoms with Crippen LogP contribution in [0.4, 0.5) is 5.82 Å². The van der Waals surface area contributed by atoms with E-state index in [0.717, 1.165) is 0 Å². The van der Waals surface area contributed by atoms with Crippen LogP contribution in [-0.4, -0.2) is 60.8 Å². The van der Waals surface area contributed by atoms with Gasteiger partial charge in [-0.25, -0.2) is 15.0 Å². The van der Waals surface area contributed by atoms with Crippen LogP contribution in [0.5, 0.6) is 0 Å². The number of hydrogen-bond acceptors (Lipinski definition) is 9. The Kier molecular flexibility index (Phi) is 6.27. The van der Waals surface area contributed by atoms with Crippen molar-refractivity contribution in [2.24, 2.45) is 0 Å². The quantitative estimate of drug-likeness (QED) is 0.411. The molecule has 25 heavy (non-hydrogen) atoms. The first-order valence-corrected chi connectivity index (χ1v) is 9.25. The van der Waals surface area contributed by atoms with Crippen molar-refractivity contribution in [3.8, 4) is 0 Å².